The molecule has 1 aromatic rings. The molecule has 5 heteroatoms. The van der Waals surface area contributed by atoms with Crippen LogP contribution in [0, 0.1) is 10.1 Å². The predicted molar refractivity (Wildman–Crippen MR) is 69.3 cm³/mol. The van der Waals surface area contributed by atoms with Crippen LogP contribution in [0.4, 0.5) is 5.69 Å². The van der Waals surface area contributed by atoms with Crippen LogP contribution in [0.1, 0.15) is 38.9 Å². The second-order valence-electron chi connectivity index (χ2n) is 4.00. The van der Waals surface area contributed by atoms with Gasteiger partial charge in [0.05, 0.1) is 15.9 Å². The average molecular weight is 255 g/mol. The van der Waals surface area contributed by atoms with Gasteiger partial charge in [0.1, 0.15) is 0 Å². The number of nitro benzene ring substituents is 1. The highest BCUT2D eigenvalue weighted by Crippen LogP contribution is 2.34. The lowest BCUT2D eigenvalue weighted by Crippen LogP contribution is -1.99. The van der Waals surface area contributed by atoms with E-state index in [9.17, 15) is 15.2 Å². The van der Waals surface area contributed by atoms with E-state index in [0.29, 0.717) is 15.7 Å². The van der Waals surface area contributed by atoms with Gasteiger partial charge in [-0.25, -0.2) is 0 Å². The van der Waals surface area contributed by atoms with E-state index < -0.39 is 11.0 Å². The fourth-order valence-corrected chi connectivity index (χ4v) is 2.34. The molecule has 0 saturated carbocycles. The van der Waals surface area contributed by atoms with Crippen LogP contribution in [0.2, 0.25) is 0 Å². The number of aliphatic hydroxyl groups is 1. The second kappa shape index (κ2) is 6.02. The Morgan fingerprint density at radius 1 is 1.47 bits per heavy atom. The smallest absolute Gasteiger partial charge is 0.283 e. The minimum Gasteiger partial charge on any atom is -0.389 e. The van der Waals surface area contributed by atoms with Crippen LogP contribution in [0.15, 0.2) is 23.1 Å². The molecule has 0 aromatic heterocycles. The molecule has 2 atom stereocenters. The number of nitro groups is 1. The van der Waals surface area contributed by atoms with Crippen LogP contribution in [-0.2, 0) is 0 Å². The standard InChI is InChI=1S/C12H17NO3S/c1-4-8(2)17-12-6-5-10(9(3)14)7-11(12)13(15)16/h5-9,14H,4H2,1-3H3/t8?,9-/m1/s1. The quantitative estimate of drug-likeness (QED) is 0.496. The summed E-state index contributed by atoms with van der Waals surface area (Å²) in [7, 11) is 0. The molecular weight excluding hydrogens is 238 g/mol. The van der Waals surface area contributed by atoms with Gasteiger partial charge in [0, 0.05) is 11.3 Å². The molecule has 0 saturated heterocycles. The normalized spacial score (nSPS) is 14.4. The molecule has 0 fully saturated rings. The minimum absolute atomic E-state index is 0.0775. The van der Waals surface area contributed by atoms with E-state index in [1.54, 1.807) is 19.1 Å². The maximum Gasteiger partial charge on any atom is 0.283 e. The Bertz CT molecular complexity index is 407. The van der Waals surface area contributed by atoms with Crippen molar-refractivity contribution >= 4 is 17.4 Å². The molecule has 4 nitrogen and oxygen atoms in total. The molecular formula is C12H17NO3S. The second-order valence-corrected chi connectivity index (χ2v) is 5.48. The van der Waals surface area contributed by atoms with Crippen molar-refractivity contribution in [3.05, 3.63) is 33.9 Å². The zero-order valence-electron chi connectivity index (χ0n) is 10.2. The lowest BCUT2D eigenvalue weighted by atomic mass is 10.1. The Morgan fingerprint density at radius 3 is 2.59 bits per heavy atom. The summed E-state index contributed by atoms with van der Waals surface area (Å²) in [5.41, 5.74) is 0.652. The minimum atomic E-state index is -0.684. The van der Waals surface area contributed by atoms with Crippen molar-refractivity contribution in [3.8, 4) is 0 Å². The van der Waals surface area contributed by atoms with Gasteiger partial charge in [-0.2, -0.15) is 0 Å². The molecule has 0 aliphatic heterocycles. The van der Waals surface area contributed by atoms with Gasteiger partial charge in [0.2, 0.25) is 0 Å². The number of aliphatic hydroxyl groups excluding tert-OH is 1. The molecule has 0 spiro atoms. The molecule has 1 rings (SSSR count). The lowest BCUT2D eigenvalue weighted by molar-refractivity contribution is -0.387. The fourth-order valence-electron chi connectivity index (χ4n) is 1.34. The topological polar surface area (TPSA) is 63.4 Å². The number of hydrogen-bond acceptors (Lipinski definition) is 4. The molecule has 1 aromatic carbocycles. The first kappa shape index (κ1) is 14.0. The van der Waals surface area contributed by atoms with Crippen molar-refractivity contribution in [2.45, 2.75) is 43.4 Å². The van der Waals surface area contributed by atoms with Crippen LogP contribution < -0.4 is 0 Å². The van der Waals surface area contributed by atoms with E-state index in [1.807, 2.05) is 13.8 Å². The van der Waals surface area contributed by atoms with Gasteiger partial charge in [-0.15, -0.1) is 11.8 Å². The van der Waals surface area contributed by atoms with Gasteiger partial charge in [0.15, 0.2) is 0 Å². The zero-order chi connectivity index (χ0) is 13.0. The maximum atomic E-state index is 11.0. The zero-order valence-corrected chi connectivity index (χ0v) is 11.0. The summed E-state index contributed by atoms with van der Waals surface area (Å²) in [6, 6.07) is 4.91. The number of benzene rings is 1. The predicted octanol–water partition coefficient (Wildman–Crippen LogP) is 3.54. The number of nitrogens with zero attached hydrogens (tertiary/aromatic N) is 1. The van der Waals surface area contributed by atoms with Crippen LogP contribution in [-0.4, -0.2) is 15.3 Å². The Balaban J connectivity index is 3.09. The molecule has 0 aliphatic rings. The SMILES string of the molecule is CCC(C)Sc1ccc([C@@H](C)O)cc1[N+](=O)[O-]. The fraction of sp³-hybridized carbons (Fsp3) is 0.500. The summed E-state index contributed by atoms with van der Waals surface area (Å²) >= 11 is 1.50. The first-order chi connectivity index (χ1) is 7.95. The van der Waals surface area contributed by atoms with Gasteiger partial charge in [-0.3, -0.25) is 10.1 Å². The molecule has 0 radical (unpaired) electrons. The van der Waals surface area contributed by atoms with E-state index in [-0.39, 0.29) is 5.69 Å². The molecule has 0 aliphatic carbocycles. The Hall–Kier alpha value is -1.07. The van der Waals surface area contributed by atoms with Crippen molar-refractivity contribution in [3.63, 3.8) is 0 Å². The molecule has 1 unspecified atom stereocenters. The molecule has 0 bridgehead atoms. The van der Waals surface area contributed by atoms with Crippen LogP contribution in [0.25, 0.3) is 0 Å². The number of thioether (sulfide) groups is 1. The van der Waals surface area contributed by atoms with E-state index in [2.05, 4.69) is 0 Å². The molecule has 0 amide bonds. The van der Waals surface area contributed by atoms with Gasteiger partial charge >= 0.3 is 0 Å². The van der Waals surface area contributed by atoms with Crippen molar-refractivity contribution < 1.29 is 10.0 Å². The largest absolute Gasteiger partial charge is 0.389 e. The van der Waals surface area contributed by atoms with Crippen LogP contribution in [0.3, 0.4) is 0 Å². The summed E-state index contributed by atoms with van der Waals surface area (Å²) in [5.74, 6) is 0. The van der Waals surface area contributed by atoms with Crippen molar-refractivity contribution in [2.24, 2.45) is 0 Å². The summed E-state index contributed by atoms with van der Waals surface area (Å²) in [6.45, 7) is 5.69. The molecule has 0 heterocycles. The first-order valence-electron chi connectivity index (χ1n) is 5.58. The Morgan fingerprint density at radius 2 is 2.12 bits per heavy atom. The third kappa shape index (κ3) is 3.71. The van der Waals surface area contributed by atoms with Crippen LogP contribution >= 0.6 is 11.8 Å². The monoisotopic (exact) mass is 255 g/mol. The van der Waals surface area contributed by atoms with Crippen molar-refractivity contribution in [1.82, 2.24) is 0 Å². The summed E-state index contributed by atoms with van der Waals surface area (Å²) in [6.07, 6.45) is 0.274. The lowest BCUT2D eigenvalue weighted by Gasteiger charge is -2.10. The van der Waals surface area contributed by atoms with E-state index in [4.69, 9.17) is 0 Å². The number of rotatable bonds is 5. The Kier molecular flexibility index (Phi) is 4.96. The summed E-state index contributed by atoms with van der Waals surface area (Å²) in [4.78, 5) is 11.2. The third-order valence-electron chi connectivity index (χ3n) is 2.57. The van der Waals surface area contributed by atoms with Gasteiger partial charge in [-0.05, 0) is 25.0 Å². The maximum absolute atomic E-state index is 11.0. The molecule has 17 heavy (non-hydrogen) atoms. The Labute approximate surface area is 105 Å². The van der Waals surface area contributed by atoms with Crippen molar-refractivity contribution in [2.75, 3.05) is 0 Å². The molecule has 1 N–H and O–H groups in total. The first-order valence-corrected chi connectivity index (χ1v) is 6.46. The van der Waals surface area contributed by atoms with Gasteiger partial charge < -0.3 is 5.11 Å². The van der Waals surface area contributed by atoms with Gasteiger partial charge in [0.25, 0.3) is 5.69 Å². The highest BCUT2D eigenvalue weighted by atomic mass is 32.2. The average Bonchev–Trinajstić information content (AvgIpc) is 2.28. The van der Waals surface area contributed by atoms with Crippen molar-refractivity contribution in [1.29, 1.82) is 0 Å². The summed E-state index contributed by atoms with van der Waals surface area (Å²) < 4.78 is 0. The number of hydrogen-bond donors (Lipinski definition) is 1. The van der Waals surface area contributed by atoms with Gasteiger partial charge in [-0.1, -0.05) is 19.9 Å². The van der Waals surface area contributed by atoms with E-state index >= 15 is 0 Å². The third-order valence-corrected chi connectivity index (χ3v) is 3.90. The highest BCUT2D eigenvalue weighted by Gasteiger charge is 2.18. The van der Waals surface area contributed by atoms with Crippen LogP contribution in [0.5, 0.6) is 0 Å². The molecule has 94 valence electrons. The van der Waals surface area contributed by atoms with E-state index in [1.165, 1.54) is 17.8 Å². The highest BCUT2D eigenvalue weighted by molar-refractivity contribution is 8.00. The summed E-state index contributed by atoms with van der Waals surface area (Å²) in [5, 5.41) is 20.7. The van der Waals surface area contributed by atoms with E-state index in [0.717, 1.165) is 6.42 Å².